The lowest BCUT2D eigenvalue weighted by Gasteiger charge is -2.09. The Morgan fingerprint density at radius 3 is 2.48 bits per heavy atom. The monoisotopic (exact) mass is 360 g/mol. The summed E-state index contributed by atoms with van der Waals surface area (Å²) in [6.45, 7) is 3.33. The molecule has 21 heavy (non-hydrogen) atoms. The summed E-state index contributed by atoms with van der Waals surface area (Å²) >= 11 is 2.93. The quantitative estimate of drug-likeness (QED) is 0.596. The van der Waals surface area contributed by atoms with Crippen molar-refractivity contribution in [2.24, 2.45) is 0 Å². The molecule has 0 aliphatic heterocycles. The number of hydrogen-bond donors (Lipinski definition) is 1. The van der Waals surface area contributed by atoms with Crippen LogP contribution in [0.1, 0.15) is 13.8 Å². The fraction of sp³-hybridized carbons (Fsp3) is 0.333. The Labute approximate surface area is 127 Å². The van der Waals surface area contributed by atoms with Crippen LogP contribution < -0.4 is 11.2 Å². The van der Waals surface area contributed by atoms with Crippen LogP contribution in [-0.4, -0.2) is 34.7 Å². The third-order valence-corrected chi connectivity index (χ3v) is 2.75. The van der Waals surface area contributed by atoms with Crippen LogP contribution in [0.15, 0.2) is 26.3 Å². The molecule has 9 heteroatoms. The van der Waals surface area contributed by atoms with Crippen molar-refractivity contribution in [3.8, 4) is 0 Å². The van der Waals surface area contributed by atoms with Gasteiger partial charge in [0.1, 0.15) is 5.70 Å². The first-order valence-corrected chi connectivity index (χ1v) is 6.77. The Kier molecular flexibility index (Phi) is 6.10. The van der Waals surface area contributed by atoms with Crippen molar-refractivity contribution >= 4 is 33.6 Å². The Morgan fingerprint density at radius 1 is 1.29 bits per heavy atom. The van der Waals surface area contributed by atoms with Gasteiger partial charge in [-0.15, -0.1) is 0 Å². The second-order valence-corrected chi connectivity index (χ2v) is 4.46. The molecule has 0 radical (unpaired) electrons. The molecular weight excluding hydrogens is 348 g/mol. The van der Waals surface area contributed by atoms with Crippen LogP contribution >= 0.6 is 15.9 Å². The van der Waals surface area contributed by atoms with E-state index in [0.717, 1.165) is 16.8 Å². The molecule has 0 saturated carbocycles. The molecular formula is C12H13BrN2O6. The fourth-order valence-electron chi connectivity index (χ4n) is 1.35. The average Bonchev–Trinajstić information content (AvgIpc) is 2.41. The van der Waals surface area contributed by atoms with Gasteiger partial charge in [-0.3, -0.25) is 14.3 Å². The Bertz CT molecular complexity index is 688. The summed E-state index contributed by atoms with van der Waals surface area (Å²) in [7, 11) is 0. The SMILES string of the molecule is CCOC(=O)/C=C(\C(=O)OCC)n1cc(Br)c(=O)[nH]c1=O. The second-order valence-electron chi connectivity index (χ2n) is 3.61. The Hall–Kier alpha value is -2.16. The summed E-state index contributed by atoms with van der Waals surface area (Å²) in [4.78, 5) is 48.4. The molecule has 0 amide bonds. The summed E-state index contributed by atoms with van der Waals surface area (Å²) in [6, 6.07) is 0. The first-order valence-electron chi connectivity index (χ1n) is 5.98. The average molecular weight is 361 g/mol. The summed E-state index contributed by atoms with van der Waals surface area (Å²) in [5, 5.41) is 0. The highest BCUT2D eigenvalue weighted by molar-refractivity contribution is 9.10. The molecule has 1 rings (SSSR count). The molecule has 0 aliphatic carbocycles. The molecule has 1 aromatic rings. The van der Waals surface area contributed by atoms with Gasteiger partial charge in [-0.05, 0) is 29.8 Å². The molecule has 114 valence electrons. The number of carbonyl (C=O) groups excluding carboxylic acids is 2. The third-order valence-electron chi connectivity index (χ3n) is 2.18. The van der Waals surface area contributed by atoms with E-state index < -0.39 is 23.2 Å². The lowest BCUT2D eigenvalue weighted by atomic mass is 10.3. The number of ether oxygens (including phenoxy) is 2. The summed E-state index contributed by atoms with van der Waals surface area (Å²) < 4.78 is 10.3. The first kappa shape index (κ1) is 16.9. The van der Waals surface area contributed by atoms with E-state index in [1.165, 1.54) is 0 Å². The van der Waals surface area contributed by atoms with E-state index in [4.69, 9.17) is 9.47 Å². The minimum atomic E-state index is -0.897. The summed E-state index contributed by atoms with van der Waals surface area (Å²) in [5.74, 6) is -1.71. The highest BCUT2D eigenvalue weighted by Crippen LogP contribution is 2.08. The van der Waals surface area contributed by atoms with E-state index in [2.05, 4.69) is 15.9 Å². The standard InChI is InChI=1S/C12H13BrN2O6/c1-3-20-9(16)5-8(11(18)21-4-2)15-6-7(13)10(17)14-12(15)19/h5-6H,3-4H2,1-2H3,(H,14,17,19)/b8-5+. The van der Waals surface area contributed by atoms with Gasteiger partial charge in [0.25, 0.3) is 5.56 Å². The van der Waals surface area contributed by atoms with Crippen molar-refractivity contribution in [1.29, 1.82) is 0 Å². The van der Waals surface area contributed by atoms with E-state index in [1.807, 2.05) is 4.98 Å². The van der Waals surface area contributed by atoms with E-state index in [1.54, 1.807) is 13.8 Å². The molecule has 0 unspecified atom stereocenters. The number of carbonyl (C=O) groups is 2. The van der Waals surface area contributed by atoms with Gasteiger partial charge in [0.05, 0.1) is 23.8 Å². The normalized spacial score (nSPS) is 11.1. The minimum absolute atomic E-state index is 0.0150. The molecule has 1 aromatic heterocycles. The maximum absolute atomic E-state index is 11.9. The van der Waals surface area contributed by atoms with Crippen LogP contribution in [0.3, 0.4) is 0 Å². The van der Waals surface area contributed by atoms with Crippen molar-refractivity contribution in [2.75, 3.05) is 13.2 Å². The van der Waals surface area contributed by atoms with Crippen LogP contribution in [0.25, 0.3) is 5.70 Å². The van der Waals surface area contributed by atoms with Gasteiger partial charge in [-0.2, -0.15) is 0 Å². The van der Waals surface area contributed by atoms with Crippen LogP contribution in [0, 0.1) is 0 Å². The smallest absolute Gasteiger partial charge is 0.355 e. The number of aromatic nitrogens is 2. The summed E-state index contributed by atoms with van der Waals surface area (Å²) in [5.41, 5.74) is -1.90. The maximum Gasteiger partial charge on any atom is 0.355 e. The number of H-pyrrole nitrogens is 1. The van der Waals surface area contributed by atoms with Gasteiger partial charge in [0.15, 0.2) is 0 Å². The zero-order valence-corrected chi connectivity index (χ0v) is 12.9. The predicted octanol–water partition coefficient (Wildman–Crippen LogP) is 0.266. The maximum atomic E-state index is 11.9. The number of nitrogens with one attached hydrogen (secondary N) is 1. The molecule has 0 aromatic carbocycles. The molecule has 0 bridgehead atoms. The van der Waals surface area contributed by atoms with E-state index in [-0.39, 0.29) is 23.4 Å². The molecule has 8 nitrogen and oxygen atoms in total. The lowest BCUT2D eigenvalue weighted by molar-refractivity contribution is -0.139. The molecule has 0 spiro atoms. The number of halogens is 1. The first-order chi connectivity index (χ1) is 9.90. The third kappa shape index (κ3) is 4.42. The van der Waals surface area contributed by atoms with Crippen LogP contribution in [0.5, 0.6) is 0 Å². The highest BCUT2D eigenvalue weighted by Gasteiger charge is 2.18. The second kappa shape index (κ2) is 7.58. The minimum Gasteiger partial charge on any atom is -0.463 e. The fourth-order valence-corrected chi connectivity index (χ4v) is 1.66. The number of hydrogen-bond acceptors (Lipinski definition) is 6. The number of rotatable bonds is 5. The van der Waals surface area contributed by atoms with Gasteiger partial charge in [-0.1, -0.05) is 0 Å². The Balaban J connectivity index is 3.41. The van der Waals surface area contributed by atoms with Gasteiger partial charge in [-0.25, -0.2) is 14.4 Å². The predicted molar refractivity (Wildman–Crippen MR) is 76.6 cm³/mol. The highest BCUT2D eigenvalue weighted by atomic mass is 79.9. The summed E-state index contributed by atoms with van der Waals surface area (Å²) in [6.07, 6.45) is 1.90. The van der Waals surface area contributed by atoms with Gasteiger partial charge >= 0.3 is 17.6 Å². The number of aromatic amines is 1. The largest absolute Gasteiger partial charge is 0.463 e. The van der Waals surface area contributed by atoms with Crippen LogP contribution in [-0.2, 0) is 19.1 Å². The van der Waals surface area contributed by atoms with Gasteiger partial charge in [0.2, 0.25) is 0 Å². The topological polar surface area (TPSA) is 107 Å². The van der Waals surface area contributed by atoms with E-state index >= 15 is 0 Å². The van der Waals surface area contributed by atoms with Crippen LogP contribution in [0.2, 0.25) is 0 Å². The molecule has 0 fully saturated rings. The molecule has 0 aliphatic rings. The van der Waals surface area contributed by atoms with E-state index in [0.29, 0.717) is 0 Å². The van der Waals surface area contributed by atoms with Crippen molar-refractivity contribution in [3.05, 3.63) is 37.6 Å². The molecule has 0 saturated heterocycles. The molecule has 1 N–H and O–H groups in total. The van der Waals surface area contributed by atoms with Gasteiger partial charge in [0, 0.05) is 6.20 Å². The number of esters is 2. The molecule has 0 atom stereocenters. The van der Waals surface area contributed by atoms with Crippen molar-refractivity contribution in [2.45, 2.75) is 13.8 Å². The van der Waals surface area contributed by atoms with Crippen LogP contribution in [0.4, 0.5) is 0 Å². The van der Waals surface area contributed by atoms with Crippen molar-refractivity contribution in [3.63, 3.8) is 0 Å². The Morgan fingerprint density at radius 2 is 1.90 bits per heavy atom. The zero-order chi connectivity index (χ0) is 16.0. The van der Waals surface area contributed by atoms with Crippen molar-refractivity contribution in [1.82, 2.24) is 9.55 Å². The van der Waals surface area contributed by atoms with Gasteiger partial charge < -0.3 is 9.47 Å². The molecule has 1 heterocycles. The number of nitrogens with zero attached hydrogens (tertiary/aromatic N) is 1. The van der Waals surface area contributed by atoms with Crippen molar-refractivity contribution < 1.29 is 19.1 Å². The lowest BCUT2D eigenvalue weighted by Crippen LogP contribution is -2.32. The van der Waals surface area contributed by atoms with E-state index in [9.17, 15) is 19.2 Å². The zero-order valence-electron chi connectivity index (χ0n) is 11.3.